The molecule has 7 heteroatoms. The fourth-order valence-corrected chi connectivity index (χ4v) is 7.00. The van der Waals surface area contributed by atoms with Crippen molar-refractivity contribution in [2.75, 3.05) is 46.4 Å². The second-order valence-corrected chi connectivity index (χ2v) is 9.55. The normalized spacial score (nSPS) is 36.0. The van der Waals surface area contributed by atoms with E-state index in [0.29, 0.717) is 17.9 Å². The van der Waals surface area contributed by atoms with Gasteiger partial charge >= 0.3 is 0 Å². The van der Waals surface area contributed by atoms with Gasteiger partial charge in [0.2, 0.25) is 0 Å². The second-order valence-electron chi connectivity index (χ2n) is 9.55. The number of benzene rings is 1. The lowest BCUT2D eigenvalue weighted by atomic mass is 9.73. The van der Waals surface area contributed by atoms with Crippen LogP contribution in [-0.4, -0.2) is 63.0 Å². The molecule has 1 aromatic rings. The van der Waals surface area contributed by atoms with Gasteiger partial charge in [0.25, 0.3) is 0 Å². The maximum Gasteiger partial charge on any atom is 0.125 e. The quantitative estimate of drug-likeness (QED) is 0.756. The Morgan fingerprint density at radius 2 is 2.03 bits per heavy atom. The highest BCUT2D eigenvalue weighted by Crippen LogP contribution is 2.53. The number of likely N-dealkylation sites (tertiary alicyclic amines) is 1. The van der Waals surface area contributed by atoms with E-state index in [9.17, 15) is 0 Å². The zero-order valence-electron chi connectivity index (χ0n) is 17.7. The summed E-state index contributed by atoms with van der Waals surface area (Å²) in [5.74, 6) is 2.42. The molecule has 30 heavy (non-hydrogen) atoms. The van der Waals surface area contributed by atoms with Crippen LogP contribution in [-0.2, 0) is 21.5 Å². The number of nitrogens with zero attached hydrogens (tertiary/aromatic N) is 1. The van der Waals surface area contributed by atoms with Gasteiger partial charge in [0.1, 0.15) is 5.75 Å². The molecule has 2 bridgehead atoms. The first kappa shape index (κ1) is 22.6. The SMILES string of the molecule is COc1cccc2c1C1(CCN(C[C@@H]3[C@H]4CNC[C@]45CC[C@H]3O5)CC1)OCC2.Cl.Cl. The third-order valence-electron chi connectivity index (χ3n) is 8.37. The Morgan fingerprint density at radius 3 is 2.83 bits per heavy atom. The first-order valence-electron chi connectivity index (χ1n) is 11.1. The molecule has 5 heterocycles. The molecule has 0 aliphatic carbocycles. The van der Waals surface area contributed by atoms with E-state index in [-0.39, 0.29) is 36.0 Å². The molecule has 1 N–H and O–H groups in total. The highest BCUT2D eigenvalue weighted by molar-refractivity contribution is 5.85. The summed E-state index contributed by atoms with van der Waals surface area (Å²) in [6, 6.07) is 6.47. The summed E-state index contributed by atoms with van der Waals surface area (Å²) in [4.78, 5) is 2.68. The van der Waals surface area contributed by atoms with Gasteiger partial charge in [0, 0.05) is 50.1 Å². The fourth-order valence-electron chi connectivity index (χ4n) is 7.00. The highest BCUT2D eigenvalue weighted by Gasteiger charge is 2.61. The van der Waals surface area contributed by atoms with E-state index in [4.69, 9.17) is 14.2 Å². The Bertz CT molecular complexity index is 753. The number of ether oxygens (including phenoxy) is 3. The minimum Gasteiger partial charge on any atom is -0.496 e. The minimum absolute atomic E-state index is 0. The Labute approximate surface area is 192 Å². The van der Waals surface area contributed by atoms with E-state index in [1.165, 1.54) is 30.5 Å². The molecule has 0 radical (unpaired) electrons. The van der Waals surface area contributed by atoms with Crippen LogP contribution in [0.5, 0.6) is 5.75 Å². The number of hydrogen-bond acceptors (Lipinski definition) is 5. The Morgan fingerprint density at radius 1 is 1.20 bits per heavy atom. The average molecular weight is 457 g/mol. The number of fused-ring (bicyclic) bond motifs is 3. The van der Waals surface area contributed by atoms with Crippen molar-refractivity contribution in [2.45, 2.75) is 49.4 Å². The molecule has 2 spiro atoms. The molecule has 6 rings (SSSR count). The van der Waals surface area contributed by atoms with Gasteiger partial charge in [0.15, 0.2) is 0 Å². The summed E-state index contributed by atoms with van der Waals surface area (Å²) in [5.41, 5.74) is 2.76. The average Bonchev–Trinajstić information content (AvgIpc) is 3.41. The van der Waals surface area contributed by atoms with Crippen molar-refractivity contribution in [1.82, 2.24) is 10.2 Å². The summed E-state index contributed by atoms with van der Waals surface area (Å²) in [6.45, 7) is 6.44. The Hall–Kier alpha value is -0.560. The molecule has 4 saturated heterocycles. The van der Waals surface area contributed by atoms with Crippen molar-refractivity contribution in [1.29, 1.82) is 0 Å². The van der Waals surface area contributed by atoms with Crippen LogP contribution in [0.25, 0.3) is 0 Å². The lowest BCUT2D eigenvalue weighted by molar-refractivity contribution is -0.101. The molecule has 5 aliphatic heterocycles. The van der Waals surface area contributed by atoms with Gasteiger partial charge in [-0.15, -0.1) is 24.8 Å². The highest BCUT2D eigenvalue weighted by atomic mass is 35.5. The van der Waals surface area contributed by atoms with Gasteiger partial charge in [-0.25, -0.2) is 0 Å². The molecule has 1 aromatic carbocycles. The summed E-state index contributed by atoms with van der Waals surface area (Å²) in [5, 5.41) is 3.60. The van der Waals surface area contributed by atoms with Crippen LogP contribution in [0.2, 0.25) is 0 Å². The zero-order chi connectivity index (χ0) is 18.8. The number of rotatable bonds is 3. The molecule has 5 nitrogen and oxygen atoms in total. The van der Waals surface area contributed by atoms with Crippen molar-refractivity contribution in [3.8, 4) is 5.75 Å². The standard InChI is InChI=1S/C23H32N2O3.2ClH/c1-26-20-4-2-3-16-6-12-27-22(21(16)20)8-10-25(11-9-22)14-17-18-13-24-15-23(18)7-5-19(17)28-23;;/h2-4,17-19,24H,5-15H2,1H3;2*1H/t17-,18-,19-,23-;;/m1../s1. The van der Waals surface area contributed by atoms with Crippen LogP contribution in [0, 0.1) is 11.8 Å². The van der Waals surface area contributed by atoms with Crippen molar-refractivity contribution in [3.63, 3.8) is 0 Å². The third kappa shape index (κ3) is 3.28. The molecule has 4 atom stereocenters. The molecule has 0 unspecified atom stereocenters. The lowest BCUT2D eigenvalue weighted by Crippen LogP contribution is -2.49. The van der Waals surface area contributed by atoms with Gasteiger partial charge in [-0.05, 0) is 43.7 Å². The topological polar surface area (TPSA) is 43.0 Å². The summed E-state index contributed by atoms with van der Waals surface area (Å²) in [6.07, 6.45) is 6.14. The predicted molar refractivity (Wildman–Crippen MR) is 121 cm³/mol. The maximum absolute atomic E-state index is 6.49. The lowest BCUT2D eigenvalue weighted by Gasteiger charge is -2.46. The summed E-state index contributed by atoms with van der Waals surface area (Å²) >= 11 is 0. The van der Waals surface area contributed by atoms with Crippen LogP contribution < -0.4 is 10.1 Å². The van der Waals surface area contributed by atoms with Crippen molar-refractivity contribution >= 4 is 24.8 Å². The molecule has 0 saturated carbocycles. The largest absolute Gasteiger partial charge is 0.496 e. The van der Waals surface area contributed by atoms with E-state index in [0.717, 1.165) is 57.8 Å². The molecule has 0 aromatic heterocycles. The fraction of sp³-hybridized carbons (Fsp3) is 0.739. The zero-order valence-corrected chi connectivity index (χ0v) is 19.4. The van der Waals surface area contributed by atoms with E-state index >= 15 is 0 Å². The first-order valence-corrected chi connectivity index (χ1v) is 11.1. The monoisotopic (exact) mass is 456 g/mol. The smallest absolute Gasteiger partial charge is 0.125 e. The number of halogens is 2. The van der Waals surface area contributed by atoms with Crippen molar-refractivity contribution < 1.29 is 14.2 Å². The van der Waals surface area contributed by atoms with Crippen LogP contribution in [0.15, 0.2) is 18.2 Å². The van der Waals surface area contributed by atoms with Gasteiger partial charge in [-0.3, -0.25) is 0 Å². The van der Waals surface area contributed by atoms with Gasteiger partial charge in [-0.1, -0.05) is 12.1 Å². The van der Waals surface area contributed by atoms with E-state index in [1.54, 1.807) is 7.11 Å². The predicted octanol–water partition coefficient (Wildman–Crippen LogP) is 3.17. The molecule has 168 valence electrons. The maximum atomic E-state index is 6.49. The molecule has 5 aliphatic rings. The molecular weight excluding hydrogens is 423 g/mol. The van der Waals surface area contributed by atoms with Crippen molar-refractivity contribution in [3.05, 3.63) is 29.3 Å². The van der Waals surface area contributed by atoms with Crippen LogP contribution in [0.3, 0.4) is 0 Å². The van der Waals surface area contributed by atoms with E-state index in [1.807, 2.05) is 0 Å². The third-order valence-corrected chi connectivity index (χ3v) is 8.37. The van der Waals surface area contributed by atoms with Gasteiger partial charge < -0.3 is 24.4 Å². The van der Waals surface area contributed by atoms with E-state index in [2.05, 4.69) is 28.4 Å². The Balaban J connectivity index is 0.00000109. The number of piperidine rings is 1. The summed E-state index contributed by atoms with van der Waals surface area (Å²) in [7, 11) is 1.79. The van der Waals surface area contributed by atoms with Crippen LogP contribution in [0.1, 0.15) is 36.8 Å². The minimum atomic E-state index is -0.155. The van der Waals surface area contributed by atoms with Gasteiger partial charge in [-0.2, -0.15) is 0 Å². The second kappa shape index (κ2) is 8.42. The number of hydrogen-bond donors (Lipinski definition) is 1. The number of methoxy groups -OCH3 is 1. The van der Waals surface area contributed by atoms with Gasteiger partial charge in [0.05, 0.1) is 31.0 Å². The van der Waals surface area contributed by atoms with Crippen LogP contribution in [0.4, 0.5) is 0 Å². The van der Waals surface area contributed by atoms with Crippen LogP contribution >= 0.6 is 24.8 Å². The van der Waals surface area contributed by atoms with E-state index < -0.39 is 0 Å². The molecular formula is C23H34Cl2N2O3. The first-order chi connectivity index (χ1) is 13.7. The molecule has 0 amide bonds. The van der Waals surface area contributed by atoms with Crippen molar-refractivity contribution in [2.24, 2.45) is 11.8 Å². The number of nitrogens with one attached hydrogen (secondary N) is 1. The summed E-state index contributed by atoms with van der Waals surface area (Å²) < 4.78 is 18.7. The Kier molecular flexibility index (Phi) is 6.35. The molecule has 4 fully saturated rings.